The highest BCUT2D eigenvalue weighted by Crippen LogP contribution is 2.26. The lowest BCUT2D eigenvalue weighted by Gasteiger charge is -2.11. The number of rotatable bonds is 5. The van der Waals surface area contributed by atoms with Crippen molar-refractivity contribution >= 4 is 34.0 Å². The third-order valence-electron chi connectivity index (χ3n) is 4.03. The molecule has 1 saturated heterocycles. The first kappa shape index (κ1) is 16.4. The molecule has 9 heteroatoms. The number of para-hydroxylation sites is 2. The highest BCUT2D eigenvalue weighted by molar-refractivity contribution is 7.14. The summed E-state index contributed by atoms with van der Waals surface area (Å²) in [5.41, 5.74) is 2.04. The minimum atomic E-state index is -0.179. The molecule has 1 aromatic carbocycles. The fourth-order valence-electron chi connectivity index (χ4n) is 2.82. The number of anilines is 2. The molecule has 0 radical (unpaired) electrons. The predicted octanol–water partition coefficient (Wildman–Crippen LogP) is 2.03. The number of amides is 2. The van der Waals surface area contributed by atoms with Gasteiger partial charge in [-0.25, -0.2) is 14.6 Å². The van der Waals surface area contributed by atoms with Gasteiger partial charge in [0.05, 0.1) is 23.5 Å². The molecule has 4 rings (SSSR count). The number of hydrogen-bond acceptors (Lipinski definition) is 6. The van der Waals surface area contributed by atoms with Crippen LogP contribution in [0, 0.1) is 0 Å². The van der Waals surface area contributed by atoms with Crippen LogP contribution >= 0.6 is 11.3 Å². The van der Waals surface area contributed by atoms with Crippen molar-refractivity contribution in [1.29, 1.82) is 0 Å². The molecular weight excluding hydrogens is 352 g/mol. The molecule has 0 atom stereocenters. The number of hydrogen-bond donors (Lipinski definition) is 1. The van der Waals surface area contributed by atoms with Crippen molar-refractivity contribution in [2.45, 2.75) is 19.3 Å². The molecule has 1 aliphatic rings. The molecule has 1 aliphatic heterocycles. The third-order valence-corrected chi connectivity index (χ3v) is 4.94. The van der Waals surface area contributed by atoms with Crippen LogP contribution in [-0.4, -0.2) is 38.1 Å². The number of carbonyl (C=O) groups excluding carboxylic acids is 2. The van der Waals surface area contributed by atoms with Crippen molar-refractivity contribution in [3.05, 3.63) is 48.0 Å². The molecule has 0 aliphatic carbocycles. The molecular formula is C17H16N6O2S. The normalized spacial score (nSPS) is 14.0. The van der Waals surface area contributed by atoms with E-state index in [0.29, 0.717) is 29.5 Å². The summed E-state index contributed by atoms with van der Waals surface area (Å²) in [6, 6.07) is 7.37. The number of aromatic nitrogens is 4. The van der Waals surface area contributed by atoms with Gasteiger partial charge in [0.25, 0.3) is 0 Å². The maximum atomic E-state index is 12.4. The van der Waals surface area contributed by atoms with Gasteiger partial charge in [-0.2, -0.15) is 5.10 Å². The van der Waals surface area contributed by atoms with Gasteiger partial charge in [-0.15, -0.1) is 11.3 Å². The first-order chi connectivity index (χ1) is 12.7. The van der Waals surface area contributed by atoms with Crippen molar-refractivity contribution < 1.29 is 9.59 Å². The van der Waals surface area contributed by atoms with E-state index in [9.17, 15) is 9.59 Å². The van der Waals surface area contributed by atoms with Crippen LogP contribution in [0.25, 0.3) is 5.69 Å². The Morgan fingerprint density at radius 3 is 2.96 bits per heavy atom. The fourth-order valence-corrected chi connectivity index (χ4v) is 3.69. The topological polar surface area (TPSA) is 93.0 Å². The summed E-state index contributed by atoms with van der Waals surface area (Å²) in [6.45, 7) is 0.698. The first-order valence-electron chi connectivity index (χ1n) is 8.19. The second kappa shape index (κ2) is 7.04. The largest absolute Gasteiger partial charge is 0.324 e. The van der Waals surface area contributed by atoms with Gasteiger partial charge in [0.1, 0.15) is 12.7 Å². The Kier molecular flexibility index (Phi) is 4.44. The highest BCUT2D eigenvalue weighted by atomic mass is 32.1. The summed E-state index contributed by atoms with van der Waals surface area (Å²) in [7, 11) is 0. The van der Waals surface area contributed by atoms with Crippen molar-refractivity contribution in [3.63, 3.8) is 0 Å². The van der Waals surface area contributed by atoms with Crippen molar-refractivity contribution in [2.24, 2.45) is 0 Å². The lowest BCUT2D eigenvalue weighted by molar-refractivity contribution is -0.117. The van der Waals surface area contributed by atoms with Gasteiger partial charge >= 0.3 is 0 Å². The van der Waals surface area contributed by atoms with E-state index in [1.54, 1.807) is 15.9 Å². The van der Waals surface area contributed by atoms with Gasteiger partial charge in [-0.3, -0.25) is 14.5 Å². The summed E-state index contributed by atoms with van der Waals surface area (Å²) in [5, 5.41) is 9.48. The average molecular weight is 368 g/mol. The number of thiazole rings is 1. The minimum Gasteiger partial charge on any atom is -0.324 e. The number of benzene rings is 1. The van der Waals surface area contributed by atoms with Crippen LogP contribution in [0.1, 0.15) is 18.5 Å². The van der Waals surface area contributed by atoms with E-state index in [4.69, 9.17) is 0 Å². The summed E-state index contributed by atoms with van der Waals surface area (Å²) in [6.07, 6.45) is 4.58. The molecule has 3 aromatic rings. The Hall–Kier alpha value is -3.07. The maximum absolute atomic E-state index is 12.4. The van der Waals surface area contributed by atoms with Gasteiger partial charge in [0.2, 0.25) is 11.8 Å². The second-order valence-corrected chi connectivity index (χ2v) is 6.69. The van der Waals surface area contributed by atoms with E-state index < -0.39 is 0 Å². The fraction of sp³-hybridized carbons (Fsp3) is 0.235. The zero-order chi connectivity index (χ0) is 17.9. The van der Waals surface area contributed by atoms with Crippen LogP contribution < -0.4 is 10.2 Å². The number of nitrogens with zero attached hydrogens (tertiary/aromatic N) is 5. The smallest absolute Gasteiger partial charge is 0.230 e. The maximum Gasteiger partial charge on any atom is 0.230 e. The van der Waals surface area contributed by atoms with Crippen LogP contribution in [0.5, 0.6) is 0 Å². The van der Waals surface area contributed by atoms with Crippen molar-refractivity contribution in [3.8, 4) is 5.69 Å². The molecule has 1 fully saturated rings. The molecule has 0 saturated carbocycles. The molecule has 3 heterocycles. The van der Waals surface area contributed by atoms with Crippen LogP contribution in [0.4, 0.5) is 10.8 Å². The average Bonchev–Trinajstić information content (AvgIpc) is 3.37. The van der Waals surface area contributed by atoms with Gasteiger partial charge in [-0.1, -0.05) is 12.1 Å². The van der Waals surface area contributed by atoms with Crippen molar-refractivity contribution in [1.82, 2.24) is 19.7 Å². The van der Waals surface area contributed by atoms with Crippen LogP contribution in [0.15, 0.2) is 42.3 Å². The van der Waals surface area contributed by atoms with E-state index in [-0.39, 0.29) is 18.2 Å². The Morgan fingerprint density at radius 2 is 2.19 bits per heavy atom. The zero-order valence-corrected chi connectivity index (χ0v) is 14.6. The standard InChI is InChI=1S/C17H16N6O2S/c24-15(8-12-9-26-17(20-12)22-7-3-6-16(22)25)21-13-4-1-2-5-14(13)23-11-18-10-19-23/h1-2,4-5,9-11H,3,6-8H2,(H,21,24). The lowest BCUT2D eigenvalue weighted by Crippen LogP contribution is -2.23. The quantitative estimate of drug-likeness (QED) is 0.744. The summed E-state index contributed by atoms with van der Waals surface area (Å²) in [4.78, 5) is 34.3. The number of nitrogens with one attached hydrogen (secondary N) is 1. The van der Waals surface area contributed by atoms with Crippen molar-refractivity contribution in [2.75, 3.05) is 16.8 Å². The first-order valence-corrected chi connectivity index (χ1v) is 9.07. The zero-order valence-electron chi connectivity index (χ0n) is 13.8. The summed E-state index contributed by atoms with van der Waals surface area (Å²) >= 11 is 1.39. The van der Waals surface area contributed by atoms with E-state index in [2.05, 4.69) is 20.4 Å². The Balaban J connectivity index is 1.45. The lowest BCUT2D eigenvalue weighted by atomic mass is 10.2. The summed E-state index contributed by atoms with van der Waals surface area (Å²) in [5.74, 6) is -0.0840. The molecule has 2 amide bonds. The van der Waals surface area contributed by atoms with Gasteiger partial charge in [-0.05, 0) is 18.6 Å². The van der Waals surface area contributed by atoms with E-state index in [1.165, 1.54) is 17.7 Å². The highest BCUT2D eigenvalue weighted by Gasteiger charge is 2.24. The van der Waals surface area contributed by atoms with Gasteiger partial charge in [0.15, 0.2) is 5.13 Å². The summed E-state index contributed by atoms with van der Waals surface area (Å²) < 4.78 is 1.59. The van der Waals surface area contributed by atoms with Crippen LogP contribution in [0.2, 0.25) is 0 Å². The van der Waals surface area contributed by atoms with E-state index in [1.807, 2.05) is 29.6 Å². The molecule has 132 valence electrons. The van der Waals surface area contributed by atoms with E-state index >= 15 is 0 Å². The monoisotopic (exact) mass is 368 g/mol. The van der Waals surface area contributed by atoms with Gasteiger partial charge in [0, 0.05) is 18.3 Å². The number of carbonyl (C=O) groups is 2. The van der Waals surface area contributed by atoms with E-state index in [0.717, 1.165) is 12.1 Å². The molecule has 2 aromatic heterocycles. The Bertz CT molecular complexity index is 936. The third kappa shape index (κ3) is 3.33. The second-order valence-electron chi connectivity index (χ2n) is 5.85. The van der Waals surface area contributed by atoms with Crippen LogP contribution in [0.3, 0.4) is 0 Å². The van der Waals surface area contributed by atoms with Gasteiger partial charge < -0.3 is 5.32 Å². The molecule has 0 spiro atoms. The Morgan fingerprint density at radius 1 is 1.31 bits per heavy atom. The molecule has 8 nitrogen and oxygen atoms in total. The molecule has 0 bridgehead atoms. The Labute approximate surface area is 153 Å². The SMILES string of the molecule is O=C(Cc1csc(N2CCCC2=O)n1)Nc1ccccc1-n1cncn1. The van der Waals surface area contributed by atoms with Crippen LogP contribution in [-0.2, 0) is 16.0 Å². The minimum absolute atomic E-state index is 0.0945. The molecule has 0 unspecified atom stereocenters. The molecule has 1 N–H and O–H groups in total. The molecule has 26 heavy (non-hydrogen) atoms. The predicted molar refractivity (Wildman–Crippen MR) is 97.4 cm³/mol.